The molecule has 1 atom stereocenters. The van der Waals surface area contributed by atoms with Gasteiger partial charge in [-0.15, -0.1) is 0 Å². The standard InChI is InChI=1S/C19H27N7O2S2/c1-28-15-9-14(5-4-12(15)10-22-6-3-7-23-18(20)21)26-11-13-8-16(30-29-2)24-17(13)25-19(26)27/h4-5,8-9,11,17,22,24H,3,6-7,10H2,1-2H3,(H,25,27)(H4,20,21,23). The topological polar surface area (TPSA) is 130 Å². The third-order valence-corrected chi connectivity index (χ3v) is 6.15. The number of hydrogen-bond acceptors (Lipinski definition) is 7. The van der Waals surface area contributed by atoms with E-state index in [1.807, 2.05) is 30.7 Å². The number of fused-ring (bicyclic) bond motifs is 1. The Labute approximate surface area is 184 Å². The fraction of sp³-hybridized carbons (Fsp3) is 0.368. The van der Waals surface area contributed by atoms with Gasteiger partial charge >= 0.3 is 6.03 Å². The molecule has 0 saturated carbocycles. The lowest BCUT2D eigenvalue weighted by Gasteiger charge is -2.29. The van der Waals surface area contributed by atoms with Crippen LogP contribution in [0.15, 0.2) is 46.1 Å². The van der Waals surface area contributed by atoms with Crippen molar-refractivity contribution in [1.29, 1.82) is 0 Å². The molecule has 0 radical (unpaired) electrons. The van der Waals surface area contributed by atoms with Crippen LogP contribution in [-0.4, -0.2) is 44.6 Å². The molecule has 0 bridgehead atoms. The summed E-state index contributed by atoms with van der Waals surface area (Å²) in [5.74, 6) is 0.828. The molecule has 7 N–H and O–H groups in total. The summed E-state index contributed by atoms with van der Waals surface area (Å²) < 4.78 is 5.55. The van der Waals surface area contributed by atoms with Crippen LogP contribution in [0.3, 0.4) is 0 Å². The number of nitrogens with one attached hydrogen (secondary N) is 3. The zero-order chi connectivity index (χ0) is 21.5. The number of aliphatic imine (C=N–C) groups is 1. The molecule has 162 valence electrons. The number of nitrogens with zero attached hydrogens (tertiary/aromatic N) is 2. The van der Waals surface area contributed by atoms with E-state index in [4.69, 9.17) is 16.2 Å². The molecule has 1 aromatic carbocycles. The van der Waals surface area contributed by atoms with Crippen molar-refractivity contribution in [2.24, 2.45) is 16.5 Å². The molecule has 0 aliphatic carbocycles. The van der Waals surface area contributed by atoms with Crippen molar-refractivity contribution in [2.75, 3.05) is 31.4 Å². The molecular formula is C19H27N7O2S2. The van der Waals surface area contributed by atoms with Crippen molar-refractivity contribution in [3.8, 4) is 5.75 Å². The van der Waals surface area contributed by atoms with E-state index >= 15 is 0 Å². The van der Waals surface area contributed by atoms with Gasteiger partial charge in [-0.3, -0.25) is 9.89 Å². The summed E-state index contributed by atoms with van der Waals surface area (Å²) in [6, 6.07) is 5.57. The van der Waals surface area contributed by atoms with Gasteiger partial charge in [0.25, 0.3) is 0 Å². The molecule has 2 amide bonds. The Balaban J connectivity index is 1.66. The van der Waals surface area contributed by atoms with Crippen LogP contribution in [0.25, 0.3) is 0 Å². The summed E-state index contributed by atoms with van der Waals surface area (Å²) in [4.78, 5) is 18.2. The molecule has 0 aromatic heterocycles. The smallest absolute Gasteiger partial charge is 0.327 e. The lowest BCUT2D eigenvalue weighted by molar-refractivity contribution is 0.244. The van der Waals surface area contributed by atoms with Gasteiger partial charge in [-0.05, 0) is 42.2 Å². The lowest BCUT2D eigenvalue weighted by atomic mass is 10.1. The Hall–Kier alpha value is -2.50. The number of carbonyl (C=O) groups is 1. The number of anilines is 1. The van der Waals surface area contributed by atoms with E-state index in [2.05, 4.69) is 27.0 Å². The van der Waals surface area contributed by atoms with Crippen molar-refractivity contribution in [3.05, 3.63) is 46.6 Å². The van der Waals surface area contributed by atoms with Crippen LogP contribution < -0.4 is 37.1 Å². The molecule has 1 aromatic rings. The van der Waals surface area contributed by atoms with E-state index in [-0.39, 0.29) is 18.2 Å². The molecule has 0 spiro atoms. The maximum absolute atomic E-state index is 12.6. The molecule has 30 heavy (non-hydrogen) atoms. The van der Waals surface area contributed by atoms with Crippen LogP contribution in [0.1, 0.15) is 12.0 Å². The van der Waals surface area contributed by atoms with Crippen molar-refractivity contribution in [1.82, 2.24) is 16.0 Å². The van der Waals surface area contributed by atoms with Crippen molar-refractivity contribution in [3.63, 3.8) is 0 Å². The number of nitrogens with two attached hydrogens (primary N) is 2. The Kier molecular flexibility index (Phi) is 7.77. The number of methoxy groups -OCH3 is 1. The van der Waals surface area contributed by atoms with E-state index in [0.717, 1.165) is 40.6 Å². The highest BCUT2D eigenvalue weighted by atomic mass is 33.1. The molecule has 11 heteroatoms. The third-order valence-electron chi connectivity index (χ3n) is 4.53. The van der Waals surface area contributed by atoms with E-state index < -0.39 is 0 Å². The highest BCUT2D eigenvalue weighted by Gasteiger charge is 2.31. The highest BCUT2D eigenvalue weighted by Crippen LogP contribution is 2.34. The van der Waals surface area contributed by atoms with Crippen LogP contribution in [0.5, 0.6) is 5.75 Å². The zero-order valence-electron chi connectivity index (χ0n) is 17.0. The van der Waals surface area contributed by atoms with Crippen LogP contribution >= 0.6 is 21.6 Å². The van der Waals surface area contributed by atoms with Gasteiger partial charge in [-0.25, -0.2) is 4.79 Å². The second-order valence-electron chi connectivity index (χ2n) is 6.62. The number of rotatable bonds is 10. The number of hydrogen-bond donors (Lipinski definition) is 5. The van der Waals surface area contributed by atoms with E-state index in [1.54, 1.807) is 33.6 Å². The first-order valence-electron chi connectivity index (χ1n) is 9.45. The summed E-state index contributed by atoms with van der Waals surface area (Å²) in [5, 5.41) is 10.7. The van der Waals surface area contributed by atoms with Crippen LogP contribution in [-0.2, 0) is 6.54 Å². The number of guanidine groups is 1. The van der Waals surface area contributed by atoms with Gasteiger partial charge in [-0.1, -0.05) is 16.9 Å². The summed E-state index contributed by atoms with van der Waals surface area (Å²) >= 11 is 0. The van der Waals surface area contributed by atoms with Crippen LogP contribution in [0, 0.1) is 0 Å². The van der Waals surface area contributed by atoms with Gasteiger partial charge in [0.15, 0.2) is 5.96 Å². The summed E-state index contributed by atoms with van der Waals surface area (Å²) in [6.07, 6.45) is 6.57. The lowest BCUT2D eigenvalue weighted by Crippen LogP contribution is -2.51. The molecule has 0 fully saturated rings. The second-order valence-corrected chi connectivity index (χ2v) is 9.06. The number of benzene rings is 1. The van der Waals surface area contributed by atoms with Crippen molar-refractivity contribution >= 4 is 39.3 Å². The Morgan fingerprint density at radius 1 is 1.37 bits per heavy atom. The predicted octanol–water partition coefficient (Wildman–Crippen LogP) is 1.64. The van der Waals surface area contributed by atoms with Gasteiger partial charge in [0.2, 0.25) is 0 Å². The minimum atomic E-state index is -0.187. The average molecular weight is 450 g/mol. The zero-order valence-corrected chi connectivity index (χ0v) is 18.6. The number of carbonyl (C=O) groups excluding carboxylic acids is 1. The number of amides is 2. The highest BCUT2D eigenvalue weighted by molar-refractivity contribution is 8.77. The van der Waals surface area contributed by atoms with Gasteiger partial charge in [0.1, 0.15) is 11.9 Å². The fourth-order valence-electron chi connectivity index (χ4n) is 3.13. The first kappa shape index (κ1) is 22.2. The van der Waals surface area contributed by atoms with Gasteiger partial charge < -0.3 is 32.2 Å². The number of urea groups is 1. The predicted molar refractivity (Wildman–Crippen MR) is 125 cm³/mol. The quantitative estimate of drug-likeness (QED) is 0.158. The average Bonchev–Trinajstić information content (AvgIpc) is 3.11. The van der Waals surface area contributed by atoms with E-state index in [9.17, 15) is 4.79 Å². The molecule has 0 saturated heterocycles. The molecule has 9 nitrogen and oxygen atoms in total. The van der Waals surface area contributed by atoms with Crippen molar-refractivity contribution < 1.29 is 9.53 Å². The third kappa shape index (κ3) is 5.55. The van der Waals surface area contributed by atoms with Gasteiger partial charge in [0.05, 0.1) is 17.8 Å². The molecule has 2 aliphatic rings. The Morgan fingerprint density at radius 3 is 2.93 bits per heavy atom. The van der Waals surface area contributed by atoms with Gasteiger partial charge in [0, 0.05) is 36.5 Å². The van der Waals surface area contributed by atoms with Crippen molar-refractivity contribution in [2.45, 2.75) is 19.1 Å². The molecule has 2 heterocycles. The summed E-state index contributed by atoms with van der Waals surface area (Å²) in [7, 11) is 4.91. The fourth-order valence-corrected chi connectivity index (χ4v) is 4.49. The van der Waals surface area contributed by atoms with Crippen LogP contribution in [0.2, 0.25) is 0 Å². The van der Waals surface area contributed by atoms with Crippen LogP contribution in [0.4, 0.5) is 10.5 Å². The van der Waals surface area contributed by atoms with Gasteiger partial charge in [-0.2, -0.15) is 0 Å². The first-order chi connectivity index (χ1) is 14.5. The Bertz CT molecular complexity index is 868. The first-order valence-corrected chi connectivity index (χ1v) is 12.0. The monoisotopic (exact) mass is 449 g/mol. The second kappa shape index (κ2) is 10.5. The number of ether oxygens (including phenoxy) is 1. The molecular weight excluding hydrogens is 422 g/mol. The molecule has 3 rings (SSSR count). The normalized spacial score (nSPS) is 17.5. The molecule has 1 unspecified atom stereocenters. The SMILES string of the molecule is COc1cc(N2C=C3C=C(SSC)NC3NC2=O)ccc1CNCCCN=C(N)N. The largest absolute Gasteiger partial charge is 0.496 e. The molecule has 2 aliphatic heterocycles. The van der Waals surface area contributed by atoms with E-state index in [1.165, 1.54) is 0 Å². The summed E-state index contributed by atoms with van der Waals surface area (Å²) in [6.45, 7) is 2.01. The Morgan fingerprint density at radius 2 is 2.20 bits per heavy atom. The minimum Gasteiger partial charge on any atom is -0.496 e. The van der Waals surface area contributed by atoms with E-state index in [0.29, 0.717) is 13.1 Å². The maximum atomic E-state index is 12.6. The minimum absolute atomic E-state index is 0.110. The maximum Gasteiger partial charge on any atom is 0.327 e. The summed E-state index contributed by atoms with van der Waals surface area (Å²) in [5.41, 5.74) is 13.4.